The van der Waals surface area contributed by atoms with Crippen LogP contribution in [0.1, 0.15) is 54.8 Å². The molecule has 1 aliphatic carbocycles. The van der Waals surface area contributed by atoms with E-state index in [0.29, 0.717) is 0 Å². The highest BCUT2D eigenvalue weighted by Crippen LogP contribution is 2.51. The number of benzene rings is 2. The van der Waals surface area contributed by atoms with Crippen molar-refractivity contribution in [2.24, 2.45) is 5.92 Å². The van der Waals surface area contributed by atoms with Crippen LogP contribution in [0.5, 0.6) is 11.5 Å². The second-order valence-electron chi connectivity index (χ2n) is 8.71. The van der Waals surface area contributed by atoms with Gasteiger partial charge in [-0.15, -0.1) is 0 Å². The first-order valence-electron chi connectivity index (χ1n) is 10.8. The molecule has 29 heavy (non-hydrogen) atoms. The van der Waals surface area contributed by atoms with E-state index in [1.165, 1.54) is 17.5 Å². The van der Waals surface area contributed by atoms with Crippen LogP contribution in [0.25, 0.3) is 0 Å². The van der Waals surface area contributed by atoms with Crippen molar-refractivity contribution < 1.29 is 14.6 Å². The number of nitrogens with zero attached hydrogens (tertiary/aromatic N) is 1. The van der Waals surface area contributed by atoms with Gasteiger partial charge in [-0.05, 0) is 49.9 Å². The predicted octanol–water partition coefficient (Wildman–Crippen LogP) is 4.88. The third-order valence-electron chi connectivity index (χ3n) is 6.93. The standard InChI is InChI=1S/C25H33NO3/c1-18-7-9-19(10-8-18)17-26-15-14-25(27)13-5-4-6-22(25)24(26)21-16-20(28-2)11-12-23(21)29-3/h7-12,16,22,24,27H,4-6,13-15,17H2,1-3H3/t22-,24-,25-/m1/s1. The van der Waals surface area contributed by atoms with Crippen molar-refractivity contribution in [1.82, 2.24) is 4.90 Å². The Morgan fingerprint density at radius 3 is 2.55 bits per heavy atom. The van der Waals surface area contributed by atoms with E-state index in [-0.39, 0.29) is 12.0 Å². The lowest BCUT2D eigenvalue weighted by Gasteiger charge is -2.53. The number of aryl methyl sites for hydroxylation is 1. The van der Waals surface area contributed by atoms with Gasteiger partial charge in [0.15, 0.2) is 0 Å². The number of hydrogen-bond donors (Lipinski definition) is 1. The van der Waals surface area contributed by atoms with Gasteiger partial charge in [0.05, 0.1) is 19.8 Å². The van der Waals surface area contributed by atoms with Crippen LogP contribution in [0.3, 0.4) is 0 Å². The summed E-state index contributed by atoms with van der Waals surface area (Å²) in [7, 11) is 3.43. The molecular formula is C25H33NO3. The fourth-order valence-corrected chi connectivity index (χ4v) is 5.33. The molecule has 0 unspecified atom stereocenters. The lowest BCUT2D eigenvalue weighted by molar-refractivity contribution is -0.126. The van der Waals surface area contributed by atoms with Gasteiger partial charge >= 0.3 is 0 Å². The van der Waals surface area contributed by atoms with E-state index in [2.05, 4.69) is 42.2 Å². The van der Waals surface area contributed by atoms with Crippen molar-refractivity contribution in [2.75, 3.05) is 20.8 Å². The topological polar surface area (TPSA) is 41.9 Å². The Balaban J connectivity index is 1.75. The fraction of sp³-hybridized carbons (Fsp3) is 0.520. The fourth-order valence-electron chi connectivity index (χ4n) is 5.33. The average molecular weight is 396 g/mol. The number of likely N-dealkylation sites (tertiary alicyclic amines) is 1. The van der Waals surface area contributed by atoms with E-state index in [9.17, 15) is 5.11 Å². The molecule has 2 aromatic rings. The maximum atomic E-state index is 11.5. The van der Waals surface area contributed by atoms with Crippen molar-refractivity contribution in [2.45, 2.75) is 57.2 Å². The van der Waals surface area contributed by atoms with Gasteiger partial charge in [-0.3, -0.25) is 4.90 Å². The number of ether oxygens (including phenoxy) is 2. The summed E-state index contributed by atoms with van der Waals surface area (Å²) in [5, 5.41) is 11.5. The predicted molar refractivity (Wildman–Crippen MR) is 115 cm³/mol. The van der Waals surface area contributed by atoms with Crippen LogP contribution in [0.15, 0.2) is 42.5 Å². The molecule has 2 aliphatic rings. The molecule has 156 valence electrons. The minimum absolute atomic E-state index is 0.111. The molecule has 1 aliphatic heterocycles. The number of aliphatic hydroxyl groups is 1. The average Bonchev–Trinajstić information content (AvgIpc) is 2.74. The number of methoxy groups -OCH3 is 2. The van der Waals surface area contributed by atoms with Gasteiger partial charge in [0.2, 0.25) is 0 Å². The van der Waals surface area contributed by atoms with Crippen molar-refractivity contribution in [3.63, 3.8) is 0 Å². The van der Waals surface area contributed by atoms with E-state index < -0.39 is 5.60 Å². The van der Waals surface area contributed by atoms with E-state index in [0.717, 1.165) is 55.8 Å². The van der Waals surface area contributed by atoms with E-state index >= 15 is 0 Å². The minimum Gasteiger partial charge on any atom is -0.497 e. The summed E-state index contributed by atoms with van der Waals surface area (Å²) in [6.07, 6.45) is 5.08. The lowest BCUT2D eigenvalue weighted by atomic mass is 9.66. The molecule has 1 N–H and O–H groups in total. The number of hydrogen-bond acceptors (Lipinski definition) is 4. The van der Waals surface area contributed by atoms with Crippen LogP contribution in [0, 0.1) is 12.8 Å². The van der Waals surface area contributed by atoms with Crippen LogP contribution in [-0.2, 0) is 6.54 Å². The maximum Gasteiger partial charge on any atom is 0.123 e. The molecule has 4 heteroatoms. The third-order valence-corrected chi connectivity index (χ3v) is 6.93. The van der Waals surface area contributed by atoms with E-state index in [1.807, 2.05) is 12.1 Å². The molecular weight excluding hydrogens is 362 g/mol. The molecule has 0 amide bonds. The first kappa shape index (κ1) is 20.2. The van der Waals surface area contributed by atoms with Crippen LogP contribution >= 0.6 is 0 Å². The highest BCUT2D eigenvalue weighted by Gasteiger charge is 2.49. The Hall–Kier alpha value is -2.04. The summed E-state index contributed by atoms with van der Waals surface area (Å²) in [5.74, 6) is 1.91. The summed E-state index contributed by atoms with van der Waals surface area (Å²) in [6.45, 7) is 3.88. The molecule has 4 rings (SSSR count). The first-order chi connectivity index (χ1) is 14.0. The van der Waals surface area contributed by atoms with Gasteiger partial charge < -0.3 is 14.6 Å². The highest BCUT2D eigenvalue weighted by molar-refractivity contribution is 5.43. The first-order valence-corrected chi connectivity index (χ1v) is 10.8. The van der Waals surface area contributed by atoms with E-state index in [4.69, 9.17) is 9.47 Å². The van der Waals surface area contributed by atoms with Crippen LogP contribution in [0.4, 0.5) is 0 Å². The number of fused-ring (bicyclic) bond motifs is 1. The second-order valence-corrected chi connectivity index (χ2v) is 8.71. The van der Waals surface area contributed by atoms with Gasteiger partial charge in [-0.25, -0.2) is 0 Å². The molecule has 2 fully saturated rings. The molecule has 0 aromatic heterocycles. The summed E-state index contributed by atoms with van der Waals surface area (Å²) in [4.78, 5) is 2.53. The minimum atomic E-state index is -0.583. The SMILES string of the molecule is COc1ccc(OC)c([C@@H]2[C@H]3CCCC[C@@]3(O)CCN2Cc2ccc(C)cc2)c1. The zero-order chi connectivity index (χ0) is 20.4. The normalized spacial score (nSPS) is 27.3. The van der Waals surface area contributed by atoms with Crippen molar-refractivity contribution in [3.05, 3.63) is 59.2 Å². The Kier molecular flexibility index (Phi) is 5.84. The highest BCUT2D eigenvalue weighted by atomic mass is 16.5. The molecule has 0 radical (unpaired) electrons. The third kappa shape index (κ3) is 4.01. The summed E-state index contributed by atoms with van der Waals surface area (Å²) in [5.41, 5.74) is 3.13. The molecule has 1 heterocycles. The van der Waals surface area contributed by atoms with Gasteiger partial charge in [-0.1, -0.05) is 42.7 Å². The summed E-state index contributed by atoms with van der Waals surface area (Å²) in [6, 6.07) is 15.0. The largest absolute Gasteiger partial charge is 0.497 e. The number of piperidine rings is 1. The zero-order valence-electron chi connectivity index (χ0n) is 17.9. The molecule has 1 saturated heterocycles. The molecule has 0 bridgehead atoms. The quantitative estimate of drug-likeness (QED) is 0.783. The lowest BCUT2D eigenvalue weighted by Crippen LogP contribution is -2.54. The van der Waals surface area contributed by atoms with Gasteiger partial charge in [-0.2, -0.15) is 0 Å². The zero-order valence-corrected chi connectivity index (χ0v) is 17.9. The van der Waals surface area contributed by atoms with Crippen molar-refractivity contribution in [1.29, 1.82) is 0 Å². The van der Waals surface area contributed by atoms with Crippen LogP contribution < -0.4 is 9.47 Å². The molecule has 2 aromatic carbocycles. The van der Waals surface area contributed by atoms with Crippen molar-refractivity contribution >= 4 is 0 Å². The Labute approximate surface area is 174 Å². The summed E-state index contributed by atoms with van der Waals surface area (Å²) >= 11 is 0. The molecule has 1 saturated carbocycles. The smallest absolute Gasteiger partial charge is 0.123 e. The van der Waals surface area contributed by atoms with Gasteiger partial charge in [0.1, 0.15) is 11.5 Å². The molecule has 4 nitrogen and oxygen atoms in total. The number of rotatable bonds is 5. The van der Waals surface area contributed by atoms with E-state index in [1.54, 1.807) is 14.2 Å². The Morgan fingerprint density at radius 1 is 1.03 bits per heavy atom. The Morgan fingerprint density at radius 2 is 1.83 bits per heavy atom. The maximum absolute atomic E-state index is 11.5. The van der Waals surface area contributed by atoms with Crippen LogP contribution in [0.2, 0.25) is 0 Å². The second kappa shape index (κ2) is 8.37. The summed E-state index contributed by atoms with van der Waals surface area (Å²) < 4.78 is 11.3. The van der Waals surface area contributed by atoms with Gasteiger partial charge in [0, 0.05) is 30.6 Å². The van der Waals surface area contributed by atoms with Crippen LogP contribution in [-0.4, -0.2) is 36.4 Å². The monoisotopic (exact) mass is 395 g/mol. The van der Waals surface area contributed by atoms with Crippen molar-refractivity contribution in [3.8, 4) is 11.5 Å². The van der Waals surface area contributed by atoms with Gasteiger partial charge in [0.25, 0.3) is 0 Å². The molecule has 3 atom stereocenters. The Bertz CT molecular complexity index is 834. The molecule has 0 spiro atoms.